The van der Waals surface area contributed by atoms with Crippen molar-refractivity contribution in [3.8, 4) is 0 Å². The number of fused-ring (bicyclic) bond motifs is 3. The second-order valence-corrected chi connectivity index (χ2v) is 5.84. The van der Waals surface area contributed by atoms with E-state index in [1.165, 1.54) is 11.3 Å². The second-order valence-electron chi connectivity index (χ2n) is 5.84. The van der Waals surface area contributed by atoms with Crippen LogP contribution in [0.15, 0.2) is 59.4 Å². The predicted molar refractivity (Wildman–Crippen MR) is 90.4 cm³/mol. The van der Waals surface area contributed by atoms with Crippen LogP contribution in [-0.4, -0.2) is 11.5 Å². The van der Waals surface area contributed by atoms with Crippen molar-refractivity contribution in [3.63, 3.8) is 0 Å². The van der Waals surface area contributed by atoms with Crippen molar-refractivity contribution in [2.75, 3.05) is 11.4 Å². The quantitative estimate of drug-likeness (QED) is 0.784. The molecule has 1 N–H and O–H groups in total. The van der Waals surface area contributed by atoms with E-state index in [2.05, 4.69) is 40.2 Å². The molecule has 0 fully saturated rings. The third-order valence-electron chi connectivity index (χ3n) is 4.36. The predicted octanol–water partition coefficient (Wildman–Crippen LogP) is 3.48. The lowest BCUT2D eigenvalue weighted by atomic mass is 10.0. The standard InChI is InChI=1S/C19H18N2O/c22-19-16-10-5-4-9-15(16)18-17(20-19)11-6-12-21(18)13-14-7-2-1-3-8-14/h1-5,7-10H,6,11-13H2,(H,20,22). The highest BCUT2D eigenvalue weighted by molar-refractivity contribution is 5.95. The second kappa shape index (κ2) is 5.34. The van der Waals surface area contributed by atoms with Crippen LogP contribution in [0.1, 0.15) is 17.7 Å². The van der Waals surface area contributed by atoms with Crippen LogP contribution < -0.4 is 10.5 Å². The van der Waals surface area contributed by atoms with Crippen molar-refractivity contribution >= 4 is 16.5 Å². The minimum Gasteiger partial charge on any atom is -0.365 e. The maximum Gasteiger partial charge on any atom is 0.256 e. The van der Waals surface area contributed by atoms with Gasteiger partial charge in [0.1, 0.15) is 0 Å². The Hall–Kier alpha value is -2.55. The van der Waals surface area contributed by atoms with Gasteiger partial charge in [-0.1, -0.05) is 48.5 Å². The van der Waals surface area contributed by atoms with E-state index in [1.54, 1.807) is 0 Å². The molecule has 0 saturated heterocycles. The summed E-state index contributed by atoms with van der Waals surface area (Å²) in [5.41, 5.74) is 3.60. The molecule has 0 spiro atoms. The average Bonchev–Trinajstić information content (AvgIpc) is 2.56. The van der Waals surface area contributed by atoms with Crippen LogP contribution in [0.4, 0.5) is 5.69 Å². The number of aromatic amines is 1. The summed E-state index contributed by atoms with van der Waals surface area (Å²) in [6, 6.07) is 18.4. The summed E-state index contributed by atoms with van der Waals surface area (Å²) in [5, 5.41) is 1.85. The van der Waals surface area contributed by atoms with Crippen molar-refractivity contribution in [1.29, 1.82) is 0 Å². The Kier molecular flexibility index (Phi) is 3.19. The van der Waals surface area contributed by atoms with Gasteiger partial charge in [0.15, 0.2) is 0 Å². The lowest BCUT2D eigenvalue weighted by molar-refractivity contribution is 0.679. The zero-order chi connectivity index (χ0) is 14.9. The van der Waals surface area contributed by atoms with Gasteiger partial charge in [0.25, 0.3) is 5.56 Å². The fourth-order valence-electron chi connectivity index (χ4n) is 3.38. The Bertz CT molecular complexity index is 867. The van der Waals surface area contributed by atoms with Crippen molar-refractivity contribution < 1.29 is 0 Å². The fourth-order valence-corrected chi connectivity index (χ4v) is 3.38. The van der Waals surface area contributed by atoms with Crippen LogP contribution in [0.5, 0.6) is 0 Å². The van der Waals surface area contributed by atoms with Crippen LogP contribution in [0.3, 0.4) is 0 Å². The highest BCUT2D eigenvalue weighted by Gasteiger charge is 2.21. The molecule has 1 aliphatic heterocycles. The first-order valence-electron chi connectivity index (χ1n) is 7.76. The molecule has 0 bridgehead atoms. The molecule has 2 aromatic carbocycles. The van der Waals surface area contributed by atoms with E-state index in [0.29, 0.717) is 0 Å². The summed E-state index contributed by atoms with van der Waals surface area (Å²) >= 11 is 0. The molecule has 0 aliphatic carbocycles. The van der Waals surface area contributed by atoms with Gasteiger partial charge in [-0.3, -0.25) is 4.79 Å². The lowest BCUT2D eigenvalue weighted by Gasteiger charge is -2.32. The number of benzene rings is 2. The zero-order valence-electron chi connectivity index (χ0n) is 12.4. The molecule has 0 unspecified atom stereocenters. The van der Waals surface area contributed by atoms with Gasteiger partial charge in [0, 0.05) is 29.6 Å². The minimum absolute atomic E-state index is 0.0240. The SMILES string of the molecule is O=c1[nH]c2c(c3ccccc13)N(Cc1ccccc1)CCC2. The third-order valence-corrected chi connectivity index (χ3v) is 4.36. The monoisotopic (exact) mass is 290 g/mol. The first-order valence-corrected chi connectivity index (χ1v) is 7.76. The van der Waals surface area contributed by atoms with E-state index in [9.17, 15) is 4.79 Å². The van der Waals surface area contributed by atoms with Crippen LogP contribution in [0.2, 0.25) is 0 Å². The van der Waals surface area contributed by atoms with Crippen LogP contribution >= 0.6 is 0 Å². The lowest BCUT2D eigenvalue weighted by Crippen LogP contribution is -2.31. The van der Waals surface area contributed by atoms with Gasteiger partial charge in [0.2, 0.25) is 0 Å². The number of pyridine rings is 1. The van der Waals surface area contributed by atoms with E-state index in [0.717, 1.165) is 42.4 Å². The van der Waals surface area contributed by atoms with Crippen molar-refractivity contribution in [2.45, 2.75) is 19.4 Å². The van der Waals surface area contributed by atoms with Crippen molar-refractivity contribution in [2.24, 2.45) is 0 Å². The van der Waals surface area contributed by atoms with Gasteiger partial charge < -0.3 is 9.88 Å². The minimum atomic E-state index is 0.0240. The molecule has 110 valence electrons. The summed E-state index contributed by atoms with van der Waals surface area (Å²) in [6.45, 7) is 1.90. The number of nitrogens with one attached hydrogen (secondary N) is 1. The number of hydrogen-bond acceptors (Lipinski definition) is 2. The Balaban J connectivity index is 1.86. The Morgan fingerprint density at radius 3 is 2.50 bits per heavy atom. The first-order chi connectivity index (χ1) is 10.8. The van der Waals surface area contributed by atoms with Crippen LogP contribution in [0.25, 0.3) is 10.8 Å². The molecule has 0 atom stereocenters. The molecule has 3 nitrogen and oxygen atoms in total. The van der Waals surface area contributed by atoms with Crippen LogP contribution in [-0.2, 0) is 13.0 Å². The molecule has 1 aromatic heterocycles. The summed E-state index contributed by atoms with van der Waals surface area (Å²) in [5.74, 6) is 0. The highest BCUT2D eigenvalue weighted by Crippen LogP contribution is 2.32. The molecule has 0 radical (unpaired) electrons. The van der Waals surface area contributed by atoms with Gasteiger partial charge in [0.05, 0.1) is 5.69 Å². The van der Waals surface area contributed by atoms with Crippen molar-refractivity contribution in [1.82, 2.24) is 4.98 Å². The number of aromatic nitrogens is 1. The zero-order valence-corrected chi connectivity index (χ0v) is 12.4. The number of aryl methyl sites for hydroxylation is 1. The molecule has 3 aromatic rings. The molecule has 4 rings (SSSR count). The number of rotatable bonds is 2. The summed E-state index contributed by atoms with van der Waals surface area (Å²) < 4.78 is 0. The molecule has 0 saturated carbocycles. The van der Waals surface area contributed by atoms with E-state index in [4.69, 9.17) is 0 Å². The molecule has 2 heterocycles. The Morgan fingerprint density at radius 1 is 0.955 bits per heavy atom. The fraction of sp³-hybridized carbons (Fsp3) is 0.211. The maximum atomic E-state index is 12.2. The van der Waals surface area contributed by atoms with Gasteiger partial charge >= 0.3 is 0 Å². The van der Waals surface area contributed by atoms with Crippen LogP contribution in [0, 0.1) is 0 Å². The number of H-pyrrole nitrogens is 1. The normalized spacial score (nSPS) is 14.1. The topological polar surface area (TPSA) is 36.1 Å². The molecular formula is C19H18N2O. The van der Waals surface area contributed by atoms with Gasteiger partial charge in [-0.05, 0) is 24.5 Å². The van der Waals surface area contributed by atoms with Crippen molar-refractivity contribution in [3.05, 3.63) is 76.2 Å². The largest absolute Gasteiger partial charge is 0.365 e. The molecule has 22 heavy (non-hydrogen) atoms. The van der Waals surface area contributed by atoms with E-state index in [-0.39, 0.29) is 5.56 Å². The first kappa shape index (κ1) is 13.1. The van der Waals surface area contributed by atoms with Gasteiger partial charge in [-0.15, -0.1) is 0 Å². The molecule has 1 aliphatic rings. The van der Waals surface area contributed by atoms with E-state index >= 15 is 0 Å². The third kappa shape index (κ3) is 2.19. The Labute approximate surface area is 129 Å². The number of hydrogen-bond donors (Lipinski definition) is 1. The maximum absolute atomic E-state index is 12.2. The Morgan fingerprint density at radius 2 is 1.68 bits per heavy atom. The van der Waals surface area contributed by atoms with E-state index in [1.807, 2.05) is 24.3 Å². The van der Waals surface area contributed by atoms with E-state index < -0.39 is 0 Å². The number of anilines is 1. The smallest absolute Gasteiger partial charge is 0.256 e. The summed E-state index contributed by atoms with van der Waals surface area (Å²) in [7, 11) is 0. The summed E-state index contributed by atoms with van der Waals surface area (Å²) in [4.78, 5) is 17.7. The summed E-state index contributed by atoms with van der Waals surface area (Å²) in [6.07, 6.45) is 2.02. The molecule has 3 heteroatoms. The highest BCUT2D eigenvalue weighted by atomic mass is 16.1. The van der Waals surface area contributed by atoms with Gasteiger partial charge in [-0.2, -0.15) is 0 Å². The average molecular weight is 290 g/mol. The number of nitrogens with zero attached hydrogens (tertiary/aromatic N) is 1. The molecular weight excluding hydrogens is 272 g/mol. The van der Waals surface area contributed by atoms with Gasteiger partial charge in [-0.25, -0.2) is 0 Å². The molecule has 0 amide bonds.